The molecule has 0 bridgehead atoms. The molecule has 2 atom stereocenters. The second-order valence-corrected chi connectivity index (χ2v) is 6.10. The molecular formula is C18H21N5O. The molecule has 24 heavy (non-hydrogen) atoms. The molecule has 0 aliphatic carbocycles. The van der Waals surface area contributed by atoms with Gasteiger partial charge in [0.05, 0.1) is 35.7 Å². The molecule has 0 radical (unpaired) electrons. The second kappa shape index (κ2) is 6.87. The van der Waals surface area contributed by atoms with Gasteiger partial charge in [-0.2, -0.15) is 5.26 Å². The molecule has 1 fully saturated rings. The number of hydrogen-bond donors (Lipinski definition) is 3. The molecule has 1 saturated heterocycles. The number of rotatable bonds is 3. The highest BCUT2D eigenvalue weighted by Gasteiger charge is 2.27. The Balaban J connectivity index is 2.05. The molecule has 3 rings (SSSR count). The van der Waals surface area contributed by atoms with Gasteiger partial charge < -0.3 is 21.1 Å². The average molecular weight is 323 g/mol. The molecule has 4 N–H and O–H groups in total. The topological polar surface area (TPSA) is 98.2 Å². The van der Waals surface area contributed by atoms with Crippen molar-refractivity contribution < 1.29 is 5.11 Å². The van der Waals surface area contributed by atoms with Crippen LogP contribution in [-0.4, -0.2) is 41.9 Å². The summed E-state index contributed by atoms with van der Waals surface area (Å²) in [4.78, 5) is 6.27. The Kier molecular flexibility index (Phi) is 4.65. The molecule has 1 aliphatic heterocycles. The molecule has 6 nitrogen and oxygen atoms in total. The van der Waals surface area contributed by atoms with Gasteiger partial charge in [-0.05, 0) is 30.7 Å². The van der Waals surface area contributed by atoms with Gasteiger partial charge in [0.1, 0.15) is 0 Å². The molecule has 0 amide bonds. The van der Waals surface area contributed by atoms with Crippen LogP contribution in [0, 0.1) is 11.3 Å². The van der Waals surface area contributed by atoms with Crippen molar-refractivity contribution in [3.63, 3.8) is 0 Å². The minimum absolute atomic E-state index is 0.0249. The van der Waals surface area contributed by atoms with Crippen LogP contribution >= 0.6 is 0 Å². The largest absolute Gasteiger partial charge is 0.397 e. The number of pyridine rings is 1. The van der Waals surface area contributed by atoms with Gasteiger partial charge >= 0.3 is 0 Å². The van der Waals surface area contributed by atoms with E-state index in [0.717, 1.165) is 23.4 Å². The van der Waals surface area contributed by atoms with E-state index in [9.17, 15) is 10.4 Å². The number of nitriles is 1. The predicted octanol–water partition coefficient (Wildman–Crippen LogP) is 1.36. The van der Waals surface area contributed by atoms with E-state index in [2.05, 4.69) is 28.2 Å². The third-order valence-corrected chi connectivity index (χ3v) is 4.42. The monoisotopic (exact) mass is 323 g/mol. The molecule has 0 spiro atoms. The predicted molar refractivity (Wildman–Crippen MR) is 94.5 cm³/mol. The Hall–Kier alpha value is -2.62. The summed E-state index contributed by atoms with van der Waals surface area (Å²) in [5, 5.41) is 22.4. The van der Waals surface area contributed by atoms with Gasteiger partial charge in [-0.15, -0.1) is 0 Å². The van der Waals surface area contributed by atoms with Gasteiger partial charge in [0.15, 0.2) is 0 Å². The lowest BCUT2D eigenvalue weighted by Gasteiger charge is -2.40. The van der Waals surface area contributed by atoms with Crippen LogP contribution < -0.4 is 16.0 Å². The van der Waals surface area contributed by atoms with E-state index >= 15 is 0 Å². The summed E-state index contributed by atoms with van der Waals surface area (Å²) < 4.78 is 0. The first-order chi connectivity index (χ1) is 11.6. The summed E-state index contributed by atoms with van der Waals surface area (Å²) in [5.74, 6) is 0. The Morgan fingerprint density at radius 3 is 3.04 bits per heavy atom. The molecule has 6 heteroatoms. The van der Waals surface area contributed by atoms with E-state index < -0.39 is 0 Å². The fourth-order valence-corrected chi connectivity index (χ4v) is 3.10. The number of benzene rings is 1. The van der Waals surface area contributed by atoms with Crippen molar-refractivity contribution in [2.75, 3.05) is 30.3 Å². The number of anilines is 2. The highest BCUT2D eigenvalue weighted by Crippen LogP contribution is 2.33. The Morgan fingerprint density at radius 1 is 1.46 bits per heavy atom. The lowest BCUT2D eigenvalue weighted by atomic mass is 10.00. The minimum Gasteiger partial charge on any atom is -0.397 e. The van der Waals surface area contributed by atoms with Crippen LogP contribution in [-0.2, 0) is 0 Å². The molecule has 0 saturated carbocycles. The SMILES string of the molecule is CC1CN(c2cc(-c3cnccc3C#N)ccc2N)C(CO)CN1. The van der Waals surface area contributed by atoms with Crippen molar-refractivity contribution in [2.24, 2.45) is 0 Å². The molecule has 1 aliphatic rings. The lowest BCUT2D eigenvalue weighted by Crippen LogP contribution is -2.57. The number of nitrogen functional groups attached to an aromatic ring is 1. The van der Waals surface area contributed by atoms with Gasteiger partial charge in [0.2, 0.25) is 0 Å². The second-order valence-electron chi connectivity index (χ2n) is 6.10. The molecule has 1 aromatic heterocycles. The van der Waals surface area contributed by atoms with Crippen LogP contribution in [0.15, 0.2) is 36.7 Å². The fourth-order valence-electron chi connectivity index (χ4n) is 3.10. The summed E-state index contributed by atoms with van der Waals surface area (Å²) in [7, 11) is 0. The summed E-state index contributed by atoms with van der Waals surface area (Å²) in [6.07, 6.45) is 3.30. The maximum absolute atomic E-state index is 9.69. The number of nitrogens with one attached hydrogen (secondary N) is 1. The Bertz CT molecular complexity index is 770. The van der Waals surface area contributed by atoms with Crippen LogP contribution in [0.2, 0.25) is 0 Å². The van der Waals surface area contributed by atoms with Crippen LogP contribution in [0.1, 0.15) is 12.5 Å². The van der Waals surface area contributed by atoms with Gasteiger partial charge in [-0.1, -0.05) is 6.07 Å². The van der Waals surface area contributed by atoms with E-state index in [0.29, 0.717) is 23.8 Å². The summed E-state index contributed by atoms with van der Waals surface area (Å²) in [5.41, 5.74) is 10.0. The van der Waals surface area contributed by atoms with Crippen LogP contribution in [0.5, 0.6) is 0 Å². The van der Waals surface area contributed by atoms with Gasteiger partial charge in [-0.3, -0.25) is 4.98 Å². The molecule has 124 valence electrons. The molecule has 1 aromatic carbocycles. The maximum atomic E-state index is 9.69. The Labute approximate surface area is 141 Å². The Morgan fingerprint density at radius 2 is 2.29 bits per heavy atom. The van der Waals surface area contributed by atoms with E-state index in [-0.39, 0.29) is 12.6 Å². The summed E-state index contributed by atoms with van der Waals surface area (Å²) in [6.45, 7) is 3.63. The van der Waals surface area contributed by atoms with Crippen molar-refractivity contribution in [3.8, 4) is 17.2 Å². The van der Waals surface area contributed by atoms with Gasteiger partial charge in [0, 0.05) is 37.1 Å². The van der Waals surface area contributed by atoms with Crippen molar-refractivity contribution in [1.82, 2.24) is 10.3 Å². The first-order valence-electron chi connectivity index (χ1n) is 7.99. The van der Waals surface area contributed by atoms with E-state index in [1.807, 2.05) is 18.2 Å². The standard InChI is InChI=1S/C18H21N5O/c1-12-10-23(15(11-24)8-22-12)18-6-13(2-3-17(18)20)16-9-21-5-4-14(16)7-19/h2-6,9,12,15,22,24H,8,10-11,20H2,1H3. The zero-order chi connectivity index (χ0) is 17.1. The van der Waals surface area contributed by atoms with Crippen molar-refractivity contribution in [1.29, 1.82) is 5.26 Å². The minimum atomic E-state index is -0.0249. The number of aromatic nitrogens is 1. The number of hydrogen-bond acceptors (Lipinski definition) is 6. The van der Waals surface area contributed by atoms with Crippen molar-refractivity contribution in [2.45, 2.75) is 19.0 Å². The van der Waals surface area contributed by atoms with Crippen LogP contribution in [0.4, 0.5) is 11.4 Å². The average Bonchev–Trinajstić information content (AvgIpc) is 2.62. The summed E-state index contributed by atoms with van der Waals surface area (Å²) in [6, 6.07) is 9.91. The van der Waals surface area contributed by atoms with Crippen molar-refractivity contribution >= 4 is 11.4 Å². The van der Waals surface area contributed by atoms with Gasteiger partial charge in [-0.25, -0.2) is 0 Å². The third-order valence-electron chi connectivity index (χ3n) is 4.42. The smallest absolute Gasteiger partial charge is 0.0999 e. The molecule has 2 heterocycles. The van der Waals surface area contributed by atoms with E-state index in [4.69, 9.17) is 5.73 Å². The first kappa shape index (κ1) is 16.2. The highest BCUT2D eigenvalue weighted by atomic mass is 16.3. The zero-order valence-corrected chi connectivity index (χ0v) is 13.6. The highest BCUT2D eigenvalue weighted by molar-refractivity contribution is 5.79. The van der Waals surface area contributed by atoms with E-state index in [1.165, 1.54) is 0 Å². The maximum Gasteiger partial charge on any atom is 0.0999 e. The number of nitrogens with zero attached hydrogens (tertiary/aromatic N) is 3. The van der Waals surface area contributed by atoms with Crippen LogP contribution in [0.3, 0.4) is 0 Å². The van der Waals surface area contributed by atoms with Gasteiger partial charge in [0.25, 0.3) is 0 Å². The fraction of sp³-hybridized carbons (Fsp3) is 0.333. The first-order valence-corrected chi connectivity index (χ1v) is 7.99. The normalized spacial score (nSPS) is 20.6. The third kappa shape index (κ3) is 3.04. The molecular weight excluding hydrogens is 302 g/mol. The van der Waals surface area contributed by atoms with E-state index in [1.54, 1.807) is 18.5 Å². The van der Waals surface area contributed by atoms with Crippen molar-refractivity contribution in [3.05, 3.63) is 42.2 Å². The van der Waals surface area contributed by atoms with Crippen LogP contribution in [0.25, 0.3) is 11.1 Å². The molecule has 2 unspecified atom stereocenters. The number of aliphatic hydroxyl groups is 1. The molecule has 2 aromatic rings. The lowest BCUT2D eigenvalue weighted by molar-refractivity contribution is 0.237. The number of nitrogens with two attached hydrogens (primary N) is 1. The summed E-state index contributed by atoms with van der Waals surface area (Å²) >= 11 is 0. The number of aliphatic hydroxyl groups excluding tert-OH is 1. The quantitative estimate of drug-likeness (QED) is 0.738. The zero-order valence-electron chi connectivity index (χ0n) is 13.6. The number of piperazine rings is 1.